The van der Waals surface area contributed by atoms with Crippen LogP contribution in [0.2, 0.25) is 0 Å². The lowest BCUT2D eigenvalue weighted by Gasteiger charge is -2.62. The van der Waals surface area contributed by atoms with Gasteiger partial charge in [0.15, 0.2) is 0 Å². The van der Waals surface area contributed by atoms with E-state index in [1.54, 1.807) is 49.7 Å². The quantitative estimate of drug-likeness (QED) is 0.409. The van der Waals surface area contributed by atoms with E-state index < -0.39 is 0 Å². The fraction of sp³-hybridized carbons (Fsp3) is 0.812. The third-order valence-electron chi connectivity index (χ3n) is 12.7. The molecule has 2 nitrogen and oxygen atoms in total. The highest BCUT2D eigenvalue weighted by Crippen LogP contribution is 2.60. The second-order valence-electron chi connectivity index (χ2n) is 15.8. The molecule has 8 aliphatic rings. The van der Waals surface area contributed by atoms with Gasteiger partial charge < -0.3 is 8.97 Å². The monoisotopic (exact) mass is 462 g/mol. The second kappa shape index (κ2) is 7.34. The standard InChI is InChI=1S/C32H50N2/c1-33(2,31-15-25-9-26(16-31)11-27(10-25)17-31)21-23-6-5-7-24(8-23)22-34(3,4)32-18-28-12-29(19-32)14-30(13-28)20-32/h5-8,25-30H,9-22H2,1-4H3/q+2. The Hall–Kier alpha value is -0.860. The van der Waals surface area contributed by atoms with Gasteiger partial charge in [-0.3, -0.25) is 0 Å². The largest absolute Gasteiger partial charge is 0.320 e. The summed E-state index contributed by atoms with van der Waals surface area (Å²) in [7, 11) is 10.3. The maximum absolute atomic E-state index is 2.61. The van der Waals surface area contributed by atoms with Crippen molar-refractivity contribution >= 4 is 0 Å². The molecular formula is C32H50N2+2. The predicted molar refractivity (Wildman–Crippen MR) is 140 cm³/mol. The summed E-state index contributed by atoms with van der Waals surface area (Å²) in [4.78, 5) is 0. The molecule has 1 aromatic rings. The van der Waals surface area contributed by atoms with E-state index in [0.29, 0.717) is 11.1 Å². The molecule has 0 amide bonds. The Morgan fingerprint density at radius 1 is 0.559 bits per heavy atom. The van der Waals surface area contributed by atoms with Crippen molar-refractivity contribution in [3.8, 4) is 0 Å². The number of hydrogen-bond acceptors (Lipinski definition) is 0. The Balaban J connectivity index is 1.10. The maximum Gasteiger partial charge on any atom is 0.104 e. The highest BCUT2D eigenvalue weighted by atomic mass is 15.4. The van der Waals surface area contributed by atoms with Crippen LogP contribution in [-0.2, 0) is 13.1 Å². The Bertz CT molecular complexity index is 812. The van der Waals surface area contributed by atoms with E-state index in [9.17, 15) is 0 Å². The molecule has 8 saturated carbocycles. The zero-order chi connectivity index (χ0) is 23.3. The van der Waals surface area contributed by atoms with E-state index in [2.05, 4.69) is 52.5 Å². The summed E-state index contributed by atoms with van der Waals surface area (Å²) in [5.41, 5.74) is 4.28. The molecule has 8 aliphatic carbocycles. The lowest BCUT2D eigenvalue weighted by atomic mass is 9.52. The van der Waals surface area contributed by atoms with Gasteiger partial charge in [-0.2, -0.15) is 0 Å². The Morgan fingerprint density at radius 3 is 1.15 bits per heavy atom. The van der Waals surface area contributed by atoms with E-state index in [-0.39, 0.29) is 0 Å². The number of benzene rings is 1. The molecule has 8 fully saturated rings. The van der Waals surface area contributed by atoms with Gasteiger partial charge in [-0.1, -0.05) is 18.2 Å². The molecule has 0 aliphatic heterocycles. The molecule has 0 aromatic heterocycles. The van der Waals surface area contributed by atoms with Gasteiger partial charge in [0, 0.05) is 49.7 Å². The summed E-state index contributed by atoms with van der Waals surface area (Å²) in [6.07, 6.45) is 18.3. The summed E-state index contributed by atoms with van der Waals surface area (Å²) in [5, 5.41) is 0. The molecule has 0 N–H and O–H groups in total. The topological polar surface area (TPSA) is 0 Å². The zero-order valence-corrected chi connectivity index (χ0v) is 22.6. The summed E-state index contributed by atoms with van der Waals surface area (Å²) in [5.74, 6) is 6.21. The van der Waals surface area contributed by atoms with Crippen LogP contribution in [0.5, 0.6) is 0 Å². The van der Waals surface area contributed by atoms with Crippen molar-refractivity contribution < 1.29 is 8.97 Å². The van der Waals surface area contributed by atoms with Crippen LogP contribution >= 0.6 is 0 Å². The van der Waals surface area contributed by atoms with Gasteiger partial charge in [0.25, 0.3) is 0 Å². The van der Waals surface area contributed by atoms with Crippen molar-refractivity contribution in [2.75, 3.05) is 28.2 Å². The van der Waals surface area contributed by atoms with Gasteiger partial charge in [-0.25, -0.2) is 0 Å². The fourth-order valence-electron chi connectivity index (χ4n) is 11.7. The lowest BCUT2D eigenvalue weighted by molar-refractivity contribution is -0.960. The highest BCUT2D eigenvalue weighted by molar-refractivity contribution is 5.23. The van der Waals surface area contributed by atoms with Gasteiger partial charge in [0.1, 0.15) is 13.1 Å². The molecule has 0 unspecified atom stereocenters. The average Bonchev–Trinajstić information content (AvgIpc) is 2.71. The first-order chi connectivity index (χ1) is 16.1. The minimum Gasteiger partial charge on any atom is -0.320 e. The van der Waals surface area contributed by atoms with E-state index in [4.69, 9.17) is 0 Å². The maximum atomic E-state index is 2.61. The molecule has 34 heavy (non-hydrogen) atoms. The van der Waals surface area contributed by atoms with E-state index in [1.165, 1.54) is 60.6 Å². The molecule has 2 heteroatoms. The SMILES string of the molecule is C[N+](C)(Cc1cccc(C[N+](C)(C)C23CC4CC(CC(C4)C2)C3)c1)C12CC3CC(CC(C3)C1)C2. The Morgan fingerprint density at radius 2 is 0.853 bits per heavy atom. The summed E-state index contributed by atoms with van der Waals surface area (Å²) >= 11 is 0. The zero-order valence-electron chi connectivity index (χ0n) is 22.6. The lowest BCUT2D eigenvalue weighted by Crippen LogP contribution is -2.66. The normalized spacial score (nSPS) is 44.7. The first-order valence-electron chi connectivity index (χ1n) is 14.9. The minimum absolute atomic E-state index is 0.555. The molecule has 186 valence electrons. The summed E-state index contributed by atoms with van der Waals surface area (Å²) in [6, 6.07) is 9.87. The van der Waals surface area contributed by atoms with Crippen molar-refractivity contribution in [1.82, 2.24) is 0 Å². The van der Waals surface area contributed by atoms with Crippen LogP contribution in [-0.4, -0.2) is 48.2 Å². The first-order valence-corrected chi connectivity index (χ1v) is 14.9. The number of hydrogen-bond donors (Lipinski definition) is 0. The molecule has 0 atom stereocenters. The molecule has 9 rings (SSSR count). The van der Waals surface area contributed by atoms with Crippen molar-refractivity contribution in [2.45, 2.75) is 101 Å². The minimum atomic E-state index is 0.555. The van der Waals surface area contributed by atoms with Crippen LogP contribution in [0.3, 0.4) is 0 Å². The number of quaternary nitrogens is 2. The Labute approximate surface area is 209 Å². The third kappa shape index (κ3) is 3.41. The van der Waals surface area contributed by atoms with Gasteiger partial charge in [-0.05, 0) is 80.1 Å². The number of nitrogens with zero attached hydrogens (tertiary/aromatic N) is 2. The van der Waals surface area contributed by atoms with Crippen LogP contribution in [0, 0.1) is 35.5 Å². The fourth-order valence-corrected chi connectivity index (χ4v) is 11.7. The van der Waals surface area contributed by atoms with Crippen molar-refractivity contribution in [2.24, 2.45) is 35.5 Å². The third-order valence-corrected chi connectivity index (χ3v) is 12.7. The summed E-state index contributed by atoms with van der Waals surface area (Å²) < 4.78 is 2.43. The van der Waals surface area contributed by atoms with Gasteiger partial charge >= 0.3 is 0 Å². The molecule has 0 spiro atoms. The van der Waals surface area contributed by atoms with Crippen molar-refractivity contribution in [3.63, 3.8) is 0 Å². The van der Waals surface area contributed by atoms with Gasteiger partial charge in [-0.15, -0.1) is 0 Å². The van der Waals surface area contributed by atoms with E-state index >= 15 is 0 Å². The summed E-state index contributed by atoms with van der Waals surface area (Å²) in [6.45, 7) is 2.43. The van der Waals surface area contributed by atoms with Gasteiger partial charge in [0.05, 0.1) is 39.3 Å². The smallest absolute Gasteiger partial charge is 0.104 e. The van der Waals surface area contributed by atoms with Crippen LogP contribution in [0.25, 0.3) is 0 Å². The van der Waals surface area contributed by atoms with Gasteiger partial charge in [0.2, 0.25) is 0 Å². The average molecular weight is 463 g/mol. The van der Waals surface area contributed by atoms with E-state index in [0.717, 1.165) is 35.5 Å². The van der Waals surface area contributed by atoms with Crippen LogP contribution < -0.4 is 0 Å². The van der Waals surface area contributed by atoms with Crippen molar-refractivity contribution in [3.05, 3.63) is 35.4 Å². The Kier molecular flexibility index (Phi) is 4.83. The molecule has 1 aromatic carbocycles. The molecular weight excluding hydrogens is 412 g/mol. The van der Waals surface area contributed by atoms with Crippen LogP contribution in [0.4, 0.5) is 0 Å². The van der Waals surface area contributed by atoms with Crippen molar-refractivity contribution in [1.29, 1.82) is 0 Å². The second-order valence-corrected chi connectivity index (χ2v) is 15.8. The first kappa shape index (κ1) is 22.3. The predicted octanol–water partition coefficient (Wildman–Crippen LogP) is 6.78. The highest BCUT2D eigenvalue weighted by Gasteiger charge is 2.59. The molecule has 8 bridgehead atoms. The molecule has 0 radical (unpaired) electrons. The molecule has 0 saturated heterocycles. The molecule has 0 heterocycles. The number of rotatable bonds is 6. The van der Waals surface area contributed by atoms with E-state index in [1.807, 2.05) is 0 Å². The van der Waals surface area contributed by atoms with Crippen LogP contribution in [0.1, 0.15) is 88.2 Å². The van der Waals surface area contributed by atoms with Crippen LogP contribution in [0.15, 0.2) is 24.3 Å².